The molecule has 1 aliphatic carbocycles. The van der Waals surface area contributed by atoms with E-state index in [1.807, 2.05) is 37.3 Å². The Labute approximate surface area is 145 Å². The second-order valence-electron chi connectivity index (χ2n) is 6.36. The summed E-state index contributed by atoms with van der Waals surface area (Å²) >= 11 is 0. The number of hydrogen-bond donors (Lipinski definition) is 3. The van der Waals surface area contributed by atoms with E-state index in [-0.39, 0.29) is 0 Å². The molecule has 5 heteroatoms. The van der Waals surface area contributed by atoms with E-state index in [2.05, 4.69) is 15.6 Å². The van der Waals surface area contributed by atoms with Gasteiger partial charge >= 0.3 is 0 Å². The van der Waals surface area contributed by atoms with Crippen LogP contribution in [0.25, 0.3) is 0 Å². The van der Waals surface area contributed by atoms with Crippen LogP contribution in [-0.2, 0) is 11.2 Å². The van der Waals surface area contributed by atoms with Crippen LogP contribution in [0.2, 0.25) is 0 Å². The first-order chi connectivity index (χ1) is 11.8. The third-order valence-corrected chi connectivity index (χ3v) is 3.93. The van der Waals surface area contributed by atoms with Crippen molar-refractivity contribution in [2.24, 2.45) is 10.9 Å². The lowest BCUT2D eigenvalue weighted by Gasteiger charge is -2.13. The van der Waals surface area contributed by atoms with Gasteiger partial charge in [-0.25, -0.2) is 0 Å². The summed E-state index contributed by atoms with van der Waals surface area (Å²) in [6, 6.07) is 10.0. The maximum Gasteiger partial charge on any atom is 0.191 e. The zero-order valence-electron chi connectivity index (χ0n) is 14.7. The number of aliphatic hydroxyl groups is 1. The van der Waals surface area contributed by atoms with Crippen LogP contribution in [0, 0.1) is 5.92 Å². The quantitative estimate of drug-likeness (QED) is 0.329. The molecule has 24 heavy (non-hydrogen) atoms. The Kier molecular flexibility index (Phi) is 8.63. The van der Waals surface area contributed by atoms with Crippen LogP contribution in [-0.4, -0.2) is 50.0 Å². The first kappa shape index (κ1) is 18.7. The number of hydrogen-bond acceptors (Lipinski definition) is 3. The fourth-order valence-corrected chi connectivity index (χ4v) is 2.40. The summed E-state index contributed by atoms with van der Waals surface area (Å²) in [5.41, 5.74) is 1.13. The molecule has 0 aliphatic heterocycles. The molecule has 1 aromatic carbocycles. The Bertz CT molecular complexity index is 475. The summed E-state index contributed by atoms with van der Waals surface area (Å²) < 4.78 is 5.62. The second kappa shape index (κ2) is 11.0. The molecule has 0 radical (unpaired) electrons. The van der Waals surface area contributed by atoms with E-state index in [0.29, 0.717) is 13.0 Å². The molecule has 1 saturated carbocycles. The van der Waals surface area contributed by atoms with Gasteiger partial charge in [-0.1, -0.05) is 30.3 Å². The number of benzene rings is 1. The van der Waals surface area contributed by atoms with Crippen LogP contribution in [0.15, 0.2) is 35.3 Å². The molecule has 1 atom stereocenters. The van der Waals surface area contributed by atoms with E-state index >= 15 is 0 Å². The van der Waals surface area contributed by atoms with E-state index in [0.717, 1.165) is 50.2 Å². The van der Waals surface area contributed by atoms with E-state index < -0.39 is 6.10 Å². The predicted molar refractivity (Wildman–Crippen MR) is 98.3 cm³/mol. The Morgan fingerprint density at radius 3 is 2.79 bits per heavy atom. The van der Waals surface area contributed by atoms with Crippen molar-refractivity contribution in [1.82, 2.24) is 10.6 Å². The lowest BCUT2D eigenvalue weighted by Crippen LogP contribution is -2.38. The van der Waals surface area contributed by atoms with Gasteiger partial charge in [-0.05, 0) is 37.7 Å². The molecule has 1 aromatic rings. The Balaban J connectivity index is 1.62. The number of aliphatic hydroxyl groups excluding tert-OH is 1. The Hall–Kier alpha value is -1.59. The van der Waals surface area contributed by atoms with Gasteiger partial charge in [0.05, 0.1) is 12.6 Å². The largest absolute Gasteiger partial charge is 0.391 e. The summed E-state index contributed by atoms with van der Waals surface area (Å²) in [5.74, 6) is 1.58. The highest BCUT2D eigenvalue weighted by Gasteiger charge is 2.20. The Morgan fingerprint density at radius 2 is 2.08 bits per heavy atom. The summed E-state index contributed by atoms with van der Waals surface area (Å²) in [6.07, 6.45) is 3.79. The molecule has 1 unspecified atom stereocenters. The van der Waals surface area contributed by atoms with Gasteiger partial charge in [0.15, 0.2) is 5.96 Å². The minimum Gasteiger partial charge on any atom is -0.391 e. The van der Waals surface area contributed by atoms with Gasteiger partial charge in [0.1, 0.15) is 0 Å². The Morgan fingerprint density at radius 1 is 1.29 bits per heavy atom. The zero-order valence-corrected chi connectivity index (χ0v) is 14.7. The predicted octanol–water partition coefficient (Wildman–Crippen LogP) is 1.96. The molecule has 3 N–H and O–H groups in total. The fraction of sp³-hybridized carbons (Fsp3) is 0.632. The monoisotopic (exact) mass is 333 g/mol. The molecule has 1 fully saturated rings. The SMILES string of the molecule is CCNC(=NCC(O)Cc1ccccc1)NCCCOCC1CC1. The number of rotatable bonds is 11. The molecule has 0 spiro atoms. The normalized spacial score (nSPS) is 16.0. The van der Waals surface area contributed by atoms with E-state index in [4.69, 9.17) is 4.74 Å². The van der Waals surface area contributed by atoms with Gasteiger partial charge in [0.25, 0.3) is 0 Å². The maximum absolute atomic E-state index is 10.1. The molecule has 2 rings (SSSR count). The first-order valence-corrected chi connectivity index (χ1v) is 9.10. The molecule has 5 nitrogen and oxygen atoms in total. The van der Waals surface area contributed by atoms with Gasteiger partial charge < -0.3 is 20.5 Å². The molecule has 0 amide bonds. The highest BCUT2D eigenvalue weighted by atomic mass is 16.5. The van der Waals surface area contributed by atoms with Crippen molar-refractivity contribution < 1.29 is 9.84 Å². The molecule has 0 heterocycles. The van der Waals surface area contributed by atoms with Crippen molar-refractivity contribution >= 4 is 5.96 Å². The lowest BCUT2D eigenvalue weighted by molar-refractivity contribution is 0.123. The molecule has 1 aliphatic rings. The van der Waals surface area contributed by atoms with E-state index in [9.17, 15) is 5.11 Å². The van der Waals surface area contributed by atoms with Crippen molar-refractivity contribution in [3.63, 3.8) is 0 Å². The van der Waals surface area contributed by atoms with Gasteiger partial charge in [-0.15, -0.1) is 0 Å². The number of guanidine groups is 1. The van der Waals surface area contributed by atoms with Gasteiger partial charge in [-0.2, -0.15) is 0 Å². The number of aliphatic imine (C=N–C) groups is 1. The highest BCUT2D eigenvalue weighted by Crippen LogP contribution is 2.28. The standard InChI is InChI=1S/C19H31N3O2/c1-2-20-19(21-11-6-12-24-15-17-9-10-17)22-14-18(23)13-16-7-4-3-5-8-16/h3-5,7-8,17-18,23H,2,6,9-15H2,1H3,(H2,20,21,22). The van der Waals surface area contributed by atoms with Crippen LogP contribution in [0.5, 0.6) is 0 Å². The summed E-state index contributed by atoms with van der Waals surface area (Å²) in [4.78, 5) is 4.47. The van der Waals surface area contributed by atoms with Crippen LogP contribution in [0.1, 0.15) is 31.7 Å². The van der Waals surface area contributed by atoms with Crippen molar-refractivity contribution in [2.75, 3.05) is 32.8 Å². The minimum absolute atomic E-state index is 0.391. The maximum atomic E-state index is 10.1. The summed E-state index contributed by atoms with van der Waals surface area (Å²) in [7, 11) is 0. The number of nitrogens with one attached hydrogen (secondary N) is 2. The van der Waals surface area contributed by atoms with E-state index in [1.54, 1.807) is 0 Å². The van der Waals surface area contributed by atoms with Gasteiger partial charge in [0.2, 0.25) is 0 Å². The zero-order chi connectivity index (χ0) is 17.0. The van der Waals surface area contributed by atoms with E-state index in [1.165, 1.54) is 12.8 Å². The lowest BCUT2D eigenvalue weighted by atomic mass is 10.1. The first-order valence-electron chi connectivity index (χ1n) is 9.10. The fourth-order valence-electron chi connectivity index (χ4n) is 2.40. The molecule has 134 valence electrons. The topological polar surface area (TPSA) is 65.9 Å². The molecular weight excluding hydrogens is 302 g/mol. The van der Waals surface area contributed by atoms with Crippen molar-refractivity contribution in [3.05, 3.63) is 35.9 Å². The molecule has 0 bridgehead atoms. The second-order valence-corrected chi connectivity index (χ2v) is 6.36. The van der Waals surface area contributed by atoms with Crippen LogP contribution in [0.3, 0.4) is 0 Å². The van der Waals surface area contributed by atoms with Gasteiger partial charge in [0, 0.05) is 32.7 Å². The van der Waals surface area contributed by atoms with Crippen LogP contribution < -0.4 is 10.6 Å². The van der Waals surface area contributed by atoms with Crippen LogP contribution in [0.4, 0.5) is 0 Å². The third kappa shape index (κ3) is 8.31. The third-order valence-electron chi connectivity index (χ3n) is 3.93. The van der Waals surface area contributed by atoms with Gasteiger partial charge in [-0.3, -0.25) is 4.99 Å². The van der Waals surface area contributed by atoms with Crippen LogP contribution >= 0.6 is 0 Å². The van der Waals surface area contributed by atoms with Crippen molar-refractivity contribution in [3.8, 4) is 0 Å². The van der Waals surface area contributed by atoms with Crippen molar-refractivity contribution in [1.29, 1.82) is 0 Å². The molecule has 0 saturated heterocycles. The minimum atomic E-state index is -0.468. The smallest absolute Gasteiger partial charge is 0.191 e. The summed E-state index contributed by atoms with van der Waals surface area (Å²) in [6.45, 7) is 5.77. The average Bonchev–Trinajstić information content (AvgIpc) is 3.41. The average molecular weight is 333 g/mol. The highest BCUT2D eigenvalue weighted by molar-refractivity contribution is 5.79. The van der Waals surface area contributed by atoms with Crippen molar-refractivity contribution in [2.45, 2.75) is 38.7 Å². The molecule has 0 aromatic heterocycles. The summed E-state index contributed by atoms with van der Waals surface area (Å²) in [5, 5.41) is 16.6. The molecular formula is C19H31N3O2. The number of ether oxygens (including phenoxy) is 1. The number of nitrogens with zero attached hydrogens (tertiary/aromatic N) is 1.